The van der Waals surface area contributed by atoms with Crippen molar-refractivity contribution in [2.45, 2.75) is 43.5 Å². The smallest absolute Gasteiger partial charge is 0.253 e. The van der Waals surface area contributed by atoms with Crippen molar-refractivity contribution in [3.05, 3.63) is 64.7 Å². The Kier molecular flexibility index (Phi) is 8.07. The summed E-state index contributed by atoms with van der Waals surface area (Å²) in [5.74, 6) is -0.138. The predicted molar refractivity (Wildman–Crippen MR) is 131 cm³/mol. The first kappa shape index (κ1) is 24.2. The van der Waals surface area contributed by atoms with Gasteiger partial charge >= 0.3 is 0 Å². The van der Waals surface area contributed by atoms with Crippen LogP contribution in [0.2, 0.25) is 5.02 Å². The number of nitrogens with zero attached hydrogens (tertiary/aromatic N) is 3. The number of carbonyl (C=O) groups excluding carboxylic acids is 1. The summed E-state index contributed by atoms with van der Waals surface area (Å²) in [6.45, 7) is 4.84. The molecule has 8 heteroatoms. The van der Waals surface area contributed by atoms with Gasteiger partial charge in [-0.05, 0) is 43.0 Å². The molecule has 178 valence electrons. The van der Waals surface area contributed by atoms with Crippen molar-refractivity contribution in [2.75, 3.05) is 39.3 Å². The number of sulfonamides is 1. The highest BCUT2D eigenvalue weighted by Gasteiger charge is 2.29. The molecule has 2 saturated heterocycles. The molecule has 2 fully saturated rings. The molecule has 2 aromatic rings. The molecule has 0 saturated carbocycles. The van der Waals surface area contributed by atoms with Crippen molar-refractivity contribution in [1.82, 2.24) is 14.1 Å². The van der Waals surface area contributed by atoms with Gasteiger partial charge in [-0.1, -0.05) is 54.8 Å². The van der Waals surface area contributed by atoms with Crippen LogP contribution in [-0.4, -0.2) is 67.7 Å². The molecule has 0 atom stereocenters. The molecule has 2 heterocycles. The molecule has 0 aliphatic carbocycles. The van der Waals surface area contributed by atoms with Gasteiger partial charge in [0, 0.05) is 51.4 Å². The van der Waals surface area contributed by atoms with Crippen LogP contribution in [0.4, 0.5) is 0 Å². The van der Waals surface area contributed by atoms with Crippen molar-refractivity contribution in [1.29, 1.82) is 0 Å². The normalized spacial score (nSPS) is 19.1. The van der Waals surface area contributed by atoms with E-state index in [-0.39, 0.29) is 15.8 Å². The molecule has 4 rings (SSSR count). The van der Waals surface area contributed by atoms with E-state index < -0.39 is 10.0 Å². The van der Waals surface area contributed by atoms with Gasteiger partial charge in [0.15, 0.2) is 0 Å². The molecule has 1 amide bonds. The number of halogens is 1. The number of hydrogen-bond donors (Lipinski definition) is 0. The summed E-state index contributed by atoms with van der Waals surface area (Å²) < 4.78 is 28.1. The summed E-state index contributed by atoms with van der Waals surface area (Å²) in [7, 11) is -3.73. The molecular formula is C25H32ClN3O3S. The standard InChI is InChI=1S/C25H32ClN3O3S/c26-23-12-11-22(19-24(23)33(31,32)29-15-6-1-2-7-16-29)25(30)28-14-8-13-27(17-18-28)20-21-9-4-3-5-10-21/h3-5,9-12,19H,1-2,6-8,13-18,20H2. The van der Waals surface area contributed by atoms with E-state index in [0.29, 0.717) is 31.7 Å². The van der Waals surface area contributed by atoms with E-state index in [0.717, 1.165) is 51.7 Å². The minimum atomic E-state index is -3.73. The molecule has 0 bridgehead atoms. The Morgan fingerprint density at radius 1 is 0.818 bits per heavy atom. The summed E-state index contributed by atoms with van der Waals surface area (Å²) in [4.78, 5) is 17.5. The Morgan fingerprint density at radius 2 is 1.55 bits per heavy atom. The van der Waals surface area contributed by atoms with Gasteiger partial charge in [-0.15, -0.1) is 0 Å². The third-order valence-electron chi connectivity index (χ3n) is 6.49. The number of rotatable bonds is 5. The van der Waals surface area contributed by atoms with Gasteiger partial charge in [0.2, 0.25) is 10.0 Å². The second-order valence-corrected chi connectivity index (χ2v) is 11.2. The second-order valence-electron chi connectivity index (χ2n) is 8.87. The fraction of sp³-hybridized carbons (Fsp3) is 0.480. The molecule has 2 aliphatic heterocycles. The van der Waals surface area contributed by atoms with Crippen LogP contribution in [0.25, 0.3) is 0 Å². The second kappa shape index (κ2) is 11.0. The van der Waals surface area contributed by atoms with Gasteiger partial charge in [-0.25, -0.2) is 8.42 Å². The zero-order chi connectivity index (χ0) is 23.3. The molecule has 33 heavy (non-hydrogen) atoms. The van der Waals surface area contributed by atoms with Crippen molar-refractivity contribution < 1.29 is 13.2 Å². The highest BCUT2D eigenvalue weighted by Crippen LogP contribution is 2.28. The maximum absolute atomic E-state index is 13.3. The van der Waals surface area contributed by atoms with E-state index in [4.69, 9.17) is 11.6 Å². The Morgan fingerprint density at radius 3 is 2.27 bits per heavy atom. The third-order valence-corrected chi connectivity index (χ3v) is 8.87. The van der Waals surface area contributed by atoms with Crippen LogP contribution in [0.15, 0.2) is 53.4 Å². The number of amides is 1. The topological polar surface area (TPSA) is 60.9 Å². The largest absolute Gasteiger partial charge is 0.337 e. The Bertz CT molecular complexity index is 1050. The summed E-state index contributed by atoms with van der Waals surface area (Å²) in [5, 5.41) is 0.167. The summed E-state index contributed by atoms with van der Waals surface area (Å²) in [6, 6.07) is 15.0. The molecule has 0 unspecified atom stereocenters. The van der Waals surface area contributed by atoms with Crippen molar-refractivity contribution in [3.8, 4) is 0 Å². The predicted octanol–water partition coefficient (Wildman–Crippen LogP) is 4.25. The van der Waals surface area contributed by atoms with Gasteiger partial charge in [0.05, 0.1) is 5.02 Å². The maximum atomic E-state index is 13.3. The van der Waals surface area contributed by atoms with Crippen molar-refractivity contribution in [2.24, 2.45) is 0 Å². The van der Waals surface area contributed by atoms with Crippen LogP contribution in [0, 0.1) is 0 Å². The lowest BCUT2D eigenvalue weighted by Gasteiger charge is -2.23. The fourth-order valence-corrected chi connectivity index (χ4v) is 6.63. The highest BCUT2D eigenvalue weighted by atomic mass is 35.5. The zero-order valence-corrected chi connectivity index (χ0v) is 20.5. The Labute approximate surface area is 202 Å². The van der Waals surface area contributed by atoms with E-state index in [2.05, 4.69) is 17.0 Å². The average Bonchev–Trinajstić information content (AvgIpc) is 3.23. The molecule has 0 radical (unpaired) electrons. The Balaban J connectivity index is 1.47. The molecule has 0 N–H and O–H groups in total. The van der Waals surface area contributed by atoms with Crippen LogP contribution < -0.4 is 0 Å². The van der Waals surface area contributed by atoms with Gasteiger partial charge in [-0.3, -0.25) is 9.69 Å². The first-order valence-corrected chi connectivity index (χ1v) is 13.6. The van der Waals surface area contributed by atoms with Crippen molar-refractivity contribution in [3.63, 3.8) is 0 Å². The average molecular weight is 490 g/mol. The molecule has 0 spiro atoms. The monoisotopic (exact) mass is 489 g/mol. The van der Waals surface area contributed by atoms with E-state index in [1.807, 2.05) is 23.1 Å². The lowest BCUT2D eigenvalue weighted by atomic mass is 10.2. The van der Waals surface area contributed by atoms with Gasteiger partial charge in [0.25, 0.3) is 5.91 Å². The SMILES string of the molecule is O=C(c1ccc(Cl)c(S(=O)(=O)N2CCCCCC2)c1)N1CCCN(Cc2ccccc2)CC1. The van der Waals surface area contributed by atoms with Gasteiger partial charge in [0.1, 0.15) is 4.90 Å². The molecule has 0 aromatic heterocycles. The van der Waals surface area contributed by atoms with Crippen LogP contribution in [0.3, 0.4) is 0 Å². The van der Waals surface area contributed by atoms with Crippen molar-refractivity contribution >= 4 is 27.5 Å². The zero-order valence-electron chi connectivity index (χ0n) is 19.0. The summed E-state index contributed by atoms with van der Waals surface area (Å²) in [6.07, 6.45) is 4.65. The quantitative estimate of drug-likeness (QED) is 0.629. The first-order chi connectivity index (χ1) is 15.9. The number of carbonyl (C=O) groups is 1. The Hall–Kier alpha value is -1.93. The minimum Gasteiger partial charge on any atom is -0.337 e. The van der Waals surface area contributed by atoms with E-state index in [1.165, 1.54) is 15.9 Å². The highest BCUT2D eigenvalue weighted by molar-refractivity contribution is 7.89. The van der Waals surface area contributed by atoms with Crippen LogP contribution in [0.5, 0.6) is 0 Å². The van der Waals surface area contributed by atoms with E-state index in [9.17, 15) is 13.2 Å². The molecule has 2 aromatic carbocycles. The van der Waals surface area contributed by atoms with Gasteiger partial charge in [-0.2, -0.15) is 4.31 Å². The number of hydrogen-bond acceptors (Lipinski definition) is 4. The van der Waals surface area contributed by atoms with Crippen LogP contribution >= 0.6 is 11.6 Å². The lowest BCUT2D eigenvalue weighted by Crippen LogP contribution is -2.35. The summed E-state index contributed by atoms with van der Waals surface area (Å²) in [5.41, 5.74) is 1.64. The molecule has 2 aliphatic rings. The maximum Gasteiger partial charge on any atom is 0.253 e. The first-order valence-electron chi connectivity index (χ1n) is 11.8. The van der Waals surface area contributed by atoms with E-state index in [1.54, 1.807) is 12.1 Å². The molecular weight excluding hydrogens is 458 g/mol. The third kappa shape index (κ3) is 5.96. The lowest BCUT2D eigenvalue weighted by molar-refractivity contribution is 0.0761. The van der Waals surface area contributed by atoms with Crippen LogP contribution in [-0.2, 0) is 16.6 Å². The van der Waals surface area contributed by atoms with Crippen LogP contribution in [0.1, 0.15) is 48.0 Å². The van der Waals surface area contributed by atoms with E-state index >= 15 is 0 Å². The minimum absolute atomic E-state index is 0.0393. The van der Waals surface area contributed by atoms with Gasteiger partial charge < -0.3 is 4.90 Å². The fourth-order valence-electron chi connectivity index (χ4n) is 4.61. The summed E-state index contributed by atoms with van der Waals surface area (Å²) >= 11 is 6.32. The number of benzene rings is 2. The molecule has 6 nitrogen and oxygen atoms in total.